The number of benzene rings is 1. The van der Waals surface area contributed by atoms with E-state index in [9.17, 15) is 0 Å². The Hall–Kier alpha value is -0.860. The van der Waals surface area contributed by atoms with E-state index in [4.69, 9.17) is 4.74 Å². The van der Waals surface area contributed by atoms with Crippen LogP contribution in [-0.4, -0.2) is 19.7 Å². The Balaban J connectivity index is 2.21. The van der Waals surface area contributed by atoms with E-state index in [0.717, 1.165) is 45.1 Å². The molecule has 0 unspecified atom stereocenters. The highest BCUT2D eigenvalue weighted by Gasteiger charge is 2.09. The second-order valence-corrected chi connectivity index (χ2v) is 7.53. The first kappa shape index (κ1) is 18.2. The van der Waals surface area contributed by atoms with Crippen LogP contribution < -0.4 is 5.32 Å². The van der Waals surface area contributed by atoms with Gasteiger partial charge in [0.15, 0.2) is 0 Å². The Morgan fingerprint density at radius 1 is 1.05 bits per heavy atom. The van der Waals surface area contributed by atoms with Crippen LogP contribution in [0.15, 0.2) is 24.3 Å². The third-order valence-electron chi connectivity index (χ3n) is 3.43. The lowest BCUT2D eigenvalue weighted by Crippen LogP contribution is -2.22. The summed E-state index contributed by atoms with van der Waals surface area (Å²) in [5.41, 5.74) is 3.01. The smallest absolute Gasteiger partial charge is 0.0716 e. The highest BCUT2D eigenvalue weighted by molar-refractivity contribution is 5.22. The Morgan fingerprint density at radius 3 is 2.24 bits per heavy atom. The van der Waals surface area contributed by atoms with Crippen LogP contribution >= 0.6 is 0 Å². The third kappa shape index (κ3) is 9.65. The van der Waals surface area contributed by atoms with Gasteiger partial charge in [0.2, 0.25) is 0 Å². The fourth-order valence-electron chi connectivity index (χ4n) is 1.99. The Morgan fingerprint density at radius 2 is 1.67 bits per heavy atom. The van der Waals surface area contributed by atoms with Crippen LogP contribution in [0.5, 0.6) is 0 Å². The fraction of sp³-hybridized carbons (Fsp3) is 0.684. The molecule has 0 spiro atoms. The van der Waals surface area contributed by atoms with Crippen molar-refractivity contribution in [2.24, 2.45) is 11.3 Å². The van der Waals surface area contributed by atoms with E-state index in [1.165, 1.54) is 11.1 Å². The molecule has 2 heteroatoms. The van der Waals surface area contributed by atoms with Crippen LogP contribution in [0, 0.1) is 11.3 Å². The summed E-state index contributed by atoms with van der Waals surface area (Å²) in [6, 6.07) is 8.82. The molecule has 0 fully saturated rings. The van der Waals surface area contributed by atoms with Crippen LogP contribution in [0.25, 0.3) is 0 Å². The van der Waals surface area contributed by atoms with Gasteiger partial charge in [-0.15, -0.1) is 0 Å². The molecule has 0 atom stereocenters. The molecule has 120 valence electrons. The minimum Gasteiger partial charge on any atom is -0.377 e. The highest BCUT2D eigenvalue weighted by atomic mass is 16.5. The summed E-state index contributed by atoms with van der Waals surface area (Å²) in [7, 11) is 0. The lowest BCUT2D eigenvalue weighted by molar-refractivity contribution is 0.0962. The van der Waals surface area contributed by atoms with Gasteiger partial charge in [-0.2, -0.15) is 0 Å². The summed E-state index contributed by atoms with van der Waals surface area (Å²) in [4.78, 5) is 0. The maximum atomic E-state index is 5.75. The highest BCUT2D eigenvalue weighted by Crippen LogP contribution is 2.18. The Bertz CT molecular complexity index is 376. The first-order valence-electron chi connectivity index (χ1n) is 8.23. The lowest BCUT2D eigenvalue weighted by Gasteiger charge is -2.17. The van der Waals surface area contributed by atoms with Crippen LogP contribution in [0.4, 0.5) is 0 Å². The molecule has 0 aromatic heterocycles. The maximum Gasteiger partial charge on any atom is 0.0716 e. The molecule has 0 radical (unpaired) electrons. The van der Waals surface area contributed by atoms with Crippen molar-refractivity contribution in [2.45, 2.75) is 54.1 Å². The van der Waals surface area contributed by atoms with Crippen molar-refractivity contribution in [3.05, 3.63) is 35.4 Å². The second-order valence-electron chi connectivity index (χ2n) is 7.53. The molecule has 0 aliphatic rings. The largest absolute Gasteiger partial charge is 0.377 e. The van der Waals surface area contributed by atoms with Crippen molar-refractivity contribution in [1.82, 2.24) is 5.32 Å². The summed E-state index contributed by atoms with van der Waals surface area (Å²) in [5.74, 6) is 0.720. The van der Waals surface area contributed by atoms with E-state index in [-0.39, 0.29) is 0 Å². The van der Waals surface area contributed by atoms with Crippen LogP contribution in [0.2, 0.25) is 0 Å². The van der Waals surface area contributed by atoms with Gasteiger partial charge in [-0.1, -0.05) is 58.9 Å². The quantitative estimate of drug-likeness (QED) is 0.680. The molecule has 0 saturated carbocycles. The average molecular weight is 291 g/mol. The minimum atomic E-state index is 0.354. The van der Waals surface area contributed by atoms with Gasteiger partial charge in [0, 0.05) is 6.61 Å². The summed E-state index contributed by atoms with van der Waals surface area (Å²) in [6.07, 6.45) is 2.20. The number of hydrogen-bond acceptors (Lipinski definition) is 2. The van der Waals surface area contributed by atoms with Crippen LogP contribution in [-0.2, 0) is 17.8 Å². The van der Waals surface area contributed by atoms with Crippen molar-refractivity contribution in [3.63, 3.8) is 0 Å². The van der Waals surface area contributed by atoms with Gasteiger partial charge >= 0.3 is 0 Å². The maximum absolute atomic E-state index is 5.75. The van der Waals surface area contributed by atoms with E-state index in [2.05, 4.69) is 64.2 Å². The Kier molecular flexibility index (Phi) is 7.98. The summed E-state index contributed by atoms with van der Waals surface area (Å²) >= 11 is 0. The average Bonchev–Trinajstić information content (AvgIpc) is 2.40. The van der Waals surface area contributed by atoms with Gasteiger partial charge in [-0.25, -0.2) is 0 Å². The topological polar surface area (TPSA) is 21.3 Å². The first-order chi connectivity index (χ1) is 9.87. The molecule has 21 heavy (non-hydrogen) atoms. The van der Waals surface area contributed by atoms with E-state index in [0.29, 0.717) is 5.41 Å². The molecule has 1 aromatic rings. The summed E-state index contributed by atoms with van der Waals surface area (Å²) in [5, 5.41) is 3.48. The summed E-state index contributed by atoms with van der Waals surface area (Å²) < 4.78 is 5.75. The fourth-order valence-corrected chi connectivity index (χ4v) is 1.99. The minimum absolute atomic E-state index is 0.354. The van der Waals surface area contributed by atoms with Crippen LogP contribution in [0.3, 0.4) is 0 Å². The van der Waals surface area contributed by atoms with E-state index < -0.39 is 0 Å². The molecule has 0 bridgehead atoms. The van der Waals surface area contributed by atoms with Gasteiger partial charge in [0.25, 0.3) is 0 Å². The van der Waals surface area contributed by atoms with Gasteiger partial charge in [-0.3, -0.25) is 0 Å². The van der Waals surface area contributed by atoms with Crippen molar-refractivity contribution in [3.8, 4) is 0 Å². The van der Waals surface area contributed by atoms with Crippen molar-refractivity contribution < 1.29 is 4.74 Å². The molecule has 2 nitrogen and oxygen atoms in total. The predicted molar refractivity (Wildman–Crippen MR) is 91.6 cm³/mol. The van der Waals surface area contributed by atoms with Gasteiger partial charge < -0.3 is 10.1 Å². The predicted octanol–water partition coefficient (Wildman–Crippen LogP) is 4.43. The van der Waals surface area contributed by atoms with Crippen LogP contribution in [0.1, 0.15) is 52.2 Å². The van der Waals surface area contributed by atoms with Crippen molar-refractivity contribution >= 4 is 0 Å². The van der Waals surface area contributed by atoms with Gasteiger partial charge in [0.05, 0.1) is 6.61 Å². The zero-order valence-electron chi connectivity index (χ0n) is 14.5. The monoisotopic (exact) mass is 291 g/mol. The zero-order valence-corrected chi connectivity index (χ0v) is 14.5. The van der Waals surface area contributed by atoms with Crippen molar-refractivity contribution in [1.29, 1.82) is 0 Å². The molecular weight excluding hydrogens is 258 g/mol. The van der Waals surface area contributed by atoms with Gasteiger partial charge in [-0.05, 0) is 48.4 Å². The molecule has 1 N–H and O–H groups in total. The van der Waals surface area contributed by atoms with Gasteiger partial charge in [0.1, 0.15) is 0 Å². The second kappa shape index (κ2) is 9.22. The SMILES string of the molecule is CC(C)CNCCc1ccc(COCCC(C)(C)C)cc1. The normalized spacial score (nSPS) is 12.1. The van der Waals surface area contributed by atoms with Crippen molar-refractivity contribution in [2.75, 3.05) is 19.7 Å². The first-order valence-corrected chi connectivity index (χ1v) is 8.23. The molecular formula is C19H33NO. The molecule has 0 aliphatic carbocycles. The van der Waals surface area contributed by atoms with E-state index >= 15 is 0 Å². The number of hydrogen-bond donors (Lipinski definition) is 1. The zero-order chi connectivity index (χ0) is 15.7. The van der Waals surface area contributed by atoms with E-state index in [1.807, 2.05) is 0 Å². The third-order valence-corrected chi connectivity index (χ3v) is 3.43. The molecule has 0 heterocycles. The number of nitrogens with one attached hydrogen (secondary N) is 1. The number of ether oxygens (including phenoxy) is 1. The standard InChI is InChI=1S/C19H33NO/c1-16(2)14-20-12-10-17-6-8-18(9-7-17)15-21-13-11-19(3,4)5/h6-9,16,20H,10-15H2,1-5H3. The molecule has 1 rings (SSSR count). The molecule has 0 aliphatic heterocycles. The molecule has 1 aromatic carbocycles. The molecule has 0 saturated heterocycles. The van der Waals surface area contributed by atoms with E-state index in [1.54, 1.807) is 0 Å². The Labute approximate surface area is 131 Å². The lowest BCUT2D eigenvalue weighted by atomic mass is 9.93. The summed E-state index contributed by atoms with van der Waals surface area (Å²) in [6.45, 7) is 14.9. The number of rotatable bonds is 9. The molecule has 0 amide bonds.